The molecule has 0 aliphatic rings. The molecular formula is C15H15ClN2S. The maximum absolute atomic E-state index is 6.15. The molecule has 0 aliphatic heterocycles. The molecule has 0 radical (unpaired) electrons. The highest BCUT2D eigenvalue weighted by atomic mass is 35.5. The average Bonchev–Trinajstić information content (AvgIpc) is 2.32. The highest BCUT2D eigenvalue weighted by Gasteiger charge is 2.10. The lowest BCUT2D eigenvalue weighted by Crippen LogP contribution is -2.12. The minimum atomic E-state index is 0.290. The van der Waals surface area contributed by atoms with E-state index in [9.17, 15) is 0 Å². The molecule has 0 amide bonds. The van der Waals surface area contributed by atoms with E-state index in [1.807, 2.05) is 18.2 Å². The van der Waals surface area contributed by atoms with Crippen LogP contribution in [0, 0.1) is 13.8 Å². The molecule has 0 saturated carbocycles. The van der Waals surface area contributed by atoms with Gasteiger partial charge in [0, 0.05) is 5.69 Å². The summed E-state index contributed by atoms with van der Waals surface area (Å²) in [7, 11) is 0. The third kappa shape index (κ3) is 3.06. The molecule has 0 aliphatic carbocycles. The number of thiocarbonyl (C=S) groups is 1. The number of hydrogen-bond acceptors (Lipinski definition) is 2. The molecule has 0 unspecified atom stereocenters. The summed E-state index contributed by atoms with van der Waals surface area (Å²) in [4.78, 5) is 0.290. The lowest BCUT2D eigenvalue weighted by molar-refractivity contribution is 1.37. The van der Waals surface area contributed by atoms with E-state index >= 15 is 0 Å². The zero-order chi connectivity index (χ0) is 14.0. The third-order valence-electron chi connectivity index (χ3n) is 2.91. The number of hydrogen-bond donors (Lipinski definition) is 2. The molecule has 2 aromatic carbocycles. The fourth-order valence-corrected chi connectivity index (χ4v) is 2.53. The van der Waals surface area contributed by atoms with Gasteiger partial charge < -0.3 is 11.1 Å². The van der Waals surface area contributed by atoms with Crippen molar-refractivity contribution in [1.82, 2.24) is 0 Å². The number of nitrogens with two attached hydrogens (primary N) is 1. The monoisotopic (exact) mass is 290 g/mol. The number of aryl methyl sites for hydroxylation is 2. The number of nitrogens with one attached hydrogen (secondary N) is 1. The Morgan fingerprint density at radius 2 is 1.89 bits per heavy atom. The van der Waals surface area contributed by atoms with Crippen molar-refractivity contribution in [2.24, 2.45) is 5.73 Å². The van der Waals surface area contributed by atoms with Gasteiger partial charge in [0.25, 0.3) is 0 Å². The van der Waals surface area contributed by atoms with Crippen molar-refractivity contribution < 1.29 is 0 Å². The first kappa shape index (κ1) is 13.8. The van der Waals surface area contributed by atoms with Crippen LogP contribution in [-0.2, 0) is 0 Å². The minimum Gasteiger partial charge on any atom is -0.389 e. The number of halogens is 1. The first-order chi connectivity index (χ1) is 8.99. The Morgan fingerprint density at radius 3 is 2.53 bits per heavy atom. The van der Waals surface area contributed by atoms with E-state index in [1.165, 1.54) is 5.56 Å². The molecular weight excluding hydrogens is 276 g/mol. The molecule has 2 rings (SSSR count). The van der Waals surface area contributed by atoms with Crippen molar-refractivity contribution in [3.05, 3.63) is 58.1 Å². The Morgan fingerprint density at radius 1 is 1.16 bits per heavy atom. The first-order valence-electron chi connectivity index (χ1n) is 5.91. The molecule has 0 heterocycles. The van der Waals surface area contributed by atoms with E-state index in [2.05, 4.69) is 31.3 Å². The lowest BCUT2D eigenvalue weighted by atomic mass is 10.1. The van der Waals surface area contributed by atoms with Gasteiger partial charge in [0.2, 0.25) is 0 Å². The number of benzene rings is 2. The number of anilines is 2. The van der Waals surface area contributed by atoms with Crippen molar-refractivity contribution in [2.45, 2.75) is 13.8 Å². The Bertz CT molecular complexity index is 638. The molecule has 2 aromatic rings. The average molecular weight is 291 g/mol. The van der Waals surface area contributed by atoms with Gasteiger partial charge in [-0.05, 0) is 37.6 Å². The zero-order valence-electron chi connectivity index (χ0n) is 10.8. The van der Waals surface area contributed by atoms with Crippen LogP contribution in [-0.4, -0.2) is 4.99 Å². The summed E-state index contributed by atoms with van der Waals surface area (Å²) in [5.41, 5.74) is 10.6. The van der Waals surface area contributed by atoms with E-state index in [1.54, 1.807) is 6.07 Å². The summed E-state index contributed by atoms with van der Waals surface area (Å²) >= 11 is 11.2. The van der Waals surface area contributed by atoms with Gasteiger partial charge >= 0.3 is 0 Å². The molecule has 19 heavy (non-hydrogen) atoms. The van der Waals surface area contributed by atoms with Gasteiger partial charge in [0.15, 0.2) is 0 Å². The van der Waals surface area contributed by atoms with Gasteiger partial charge in [-0.1, -0.05) is 47.6 Å². The van der Waals surface area contributed by atoms with Crippen molar-refractivity contribution in [3.63, 3.8) is 0 Å². The van der Waals surface area contributed by atoms with E-state index in [0.717, 1.165) is 16.9 Å². The molecule has 3 N–H and O–H groups in total. The Labute approximate surface area is 123 Å². The topological polar surface area (TPSA) is 38.0 Å². The molecule has 98 valence electrons. The van der Waals surface area contributed by atoms with Crippen LogP contribution < -0.4 is 11.1 Å². The van der Waals surface area contributed by atoms with Gasteiger partial charge in [0.1, 0.15) is 4.99 Å². The maximum atomic E-state index is 6.15. The highest BCUT2D eigenvalue weighted by Crippen LogP contribution is 2.28. The van der Waals surface area contributed by atoms with E-state index in [0.29, 0.717) is 10.6 Å². The smallest absolute Gasteiger partial charge is 0.107 e. The van der Waals surface area contributed by atoms with E-state index < -0.39 is 0 Å². The fraction of sp³-hybridized carbons (Fsp3) is 0.133. The molecule has 0 bridgehead atoms. The molecule has 2 nitrogen and oxygen atoms in total. The quantitative estimate of drug-likeness (QED) is 0.826. The summed E-state index contributed by atoms with van der Waals surface area (Å²) in [6.45, 7) is 4.12. The highest BCUT2D eigenvalue weighted by molar-refractivity contribution is 7.80. The standard InChI is InChI=1S/C15H15ClN2S/c1-9-6-7-12(10(2)8-9)18-13-5-3-4-11(16)14(13)15(17)19/h3-8,18H,1-2H3,(H2,17,19). The second-order valence-corrected chi connectivity index (χ2v) is 5.32. The normalized spacial score (nSPS) is 10.3. The predicted octanol–water partition coefficient (Wildman–Crippen LogP) is 4.33. The van der Waals surface area contributed by atoms with Gasteiger partial charge in [-0.3, -0.25) is 0 Å². The van der Waals surface area contributed by atoms with Crippen molar-refractivity contribution in [2.75, 3.05) is 5.32 Å². The van der Waals surface area contributed by atoms with Crippen LogP contribution in [0.25, 0.3) is 0 Å². The van der Waals surface area contributed by atoms with Gasteiger partial charge in [-0.2, -0.15) is 0 Å². The van der Waals surface area contributed by atoms with Crippen molar-refractivity contribution in [3.8, 4) is 0 Å². The van der Waals surface area contributed by atoms with Crippen LogP contribution in [0.15, 0.2) is 36.4 Å². The van der Waals surface area contributed by atoms with Crippen molar-refractivity contribution in [1.29, 1.82) is 0 Å². The fourth-order valence-electron chi connectivity index (χ4n) is 1.98. The molecule has 4 heteroatoms. The van der Waals surface area contributed by atoms with Crippen molar-refractivity contribution >= 4 is 40.2 Å². The predicted molar refractivity (Wildman–Crippen MR) is 86.5 cm³/mol. The zero-order valence-corrected chi connectivity index (χ0v) is 12.4. The summed E-state index contributed by atoms with van der Waals surface area (Å²) in [6, 6.07) is 11.8. The van der Waals surface area contributed by atoms with Crippen LogP contribution in [0.5, 0.6) is 0 Å². The minimum absolute atomic E-state index is 0.290. The first-order valence-corrected chi connectivity index (χ1v) is 6.70. The van der Waals surface area contributed by atoms with E-state index in [4.69, 9.17) is 29.6 Å². The van der Waals surface area contributed by atoms with Crippen LogP contribution in [0.3, 0.4) is 0 Å². The molecule has 0 atom stereocenters. The molecule has 0 saturated heterocycles. The lowest BCUT2D eigenvalue weighted by Gasteiger charge is -2.14. The molecule has 0 spiro atoms. The number of rotatable bonds is 3. The summed E-state index contributed by atoms with van der Waals surface area (Å²) in [5, 5.41) is 3.90. The Balaban J connectivity index is 2.44. The largest absolute Gasteiger partial charge is 0.389 e. The summed E-state index contributed by atoms with van der Waals surface area (Å²) in [6.07, 6.45) is 0. The van der Waals surface area contributed by atoms with E-state index in [-0.39, 0.29) is 4.99 Å². The van der Waals surface area contributed by atoms with Crippen LogP contribution in [0.2, 0.25) is 5.02 Å². The third-order valence-corrected chi connectivity index (χ3v) is 3.43. The van der Waals surface area contributed by atoms with Gasteiger partial charge in [0.05, 0.1) is 16.3 Å². The maximum Gasteiger partial charge on any atom is 0.107 e. The summed E-state index contributed by atoms with van der Waals surface area (Å²) in [5.74, 6) is 0. The molecule has 0 fully saturated rings. The summed E-state index contributed by atoms with van der Waals surface area (Å²) < 4.78 is 0. The van der Waals surface area contributed by atoms with Crippen LogP contribution in [0.4, 0.5) is 11.4 Å². The Kier molecular flexibility index (Phi) is 4.08. The molecule has 0 aromatic heterocycles. The SMILES string of the molecule is Cc1ccc(Nc2cccc(Cl)c2C(N)=S)c(C)c1. The van der Waals surface area contributed by atoms with Gasteiger partial charge in [-0.25, -0.2) is 0 Å². The van der Waals surface area contributed by atoms with Crippen LogP contribution in [0.1, 0.15) is 16.7 Å². The van der Waals surface area contributed by atoms with Gasteiger partial charge in [-0.15, -0.1) is 0 Å². The van der Waals surface area contributed by atoms with Crippen LogP contribution >= 0.6 is 23.8 Å². The second kappa shape index (κ2) is 5.59. The Hall–Kier alpha value is -1.58. The second-order valence-electron chi connectivity index (χ2n) is 4.47.